The van der Waals surface area contributed by atoms with E-state index in [1.54, 1.807) is 0 Å². The van der Waals surface area contributed by atoms with E-state index < -0.39 is 11.4 Å². The highest BCUT2D eigenvalue weighted by Gasteiger charge is 2.52. The Balaban J connectivity index is 2.39. The number of halogens is 1. The molecule has 1 heterocycles. The first-order valence-electron chi connectivity index (χ1n) is 4.29. The maximum atomic E-state index is 11.2. The standard InChI is InChI=1S/C9H10BrNO2S/c10-6-1-2-14-7(6)9(8(12)13)3-5(11)4-9/h1-2,5H,3-4,11H2,(H,12,13). The zero-order valence-corrected chi connectivity index (χ0v) is 9.77. The summed E-state index contributed by atoms with van der Waals surface area (Å²) in [5.41, 5.74) is 4.94. The van der Waals surface area contributed by atoms with E-state index in [4.69, 9.17) is 5.73 Å². The van der Waals surface area contributed by atoms with E-state index in [-0.39, 0.29) is 6.04 Å². The first-order chi connectivity index (χ1) is 6.56. The second-order valence-corrected chi connectivity index (χ2v) is 5.42. The van der Waals surface area contributed by atoms with E-state index in [0.29, 0.717) is 12.8 Å². The van der Waals surface area contributed by atoms with Crippen LogP contribution in [0.2, 0.25) is 0 Å². The van der Waals surface area contributed by atoms with Gasteiger partial charge in [-0.3, -0.25) is 4.79 Å². The number of carbonyl (C=O) groups is 1. The Morgan fingerprint density at radius 1 is 1.71 bits per heavy atom. The summed E-state index contributed by atoms with van der Waals surface area (Å²) >= 11 is 4.85. The lowest BCUT2D eigenvalue weighted by molar-refractivity contribution is -0.148. The molecule has 1 aliphatic rings. The third kappa shape index (κ3) is 1.31. The van der Waals surface area contributed by atoms with Crippen LogP contribution in [-0.2, 0) is 10.2 Å². The summed E-state index contributed by atoms with van der Waals surface area (Å²) in [6.07, 6.45) is 1.09. The van der Waals surface area contributed by atoms with Crippen LogP contribution in [0.4, 0.5) is 0 Å². The molecular formula is C9H10BrNO2S. The molecule has 0 unspecified atom stereocenters. The lowest BCUT2D eigenvalue weighted by Gasteiger charge is -2.42. The van der Waals surface area contributed by atoms with Gasteiger partial charge in [0.1, 0.15) is 5.41 Å². The molecule has 5 heteroatoms. The predicted octanol–water partition coefficient (Wildman–Crippen LogP) is 1.95. The van der Waals surface area contributed by atoms with Crippen molar-refractivity contribution < 1.29 is 9.90 Å². The van der Waals surface area contributed by atoms with Crippen molar-refractivity contribution in [1.82, 2.24) is 0 Å². The quantitative estimate of drug-likeness (QED) is 0.867. The molecule has 1 aliphatic carbocycles. The summed E-state index contributed by atoms with van der Waals surface area (Å²) in [6.45, 7) is 0. The van der Waals surface area contributed by atoms with E-state index in [1.165, 1.54) is 11.3 Å². The van der Waals surface area contributed by atoms with Crippen LogP contribution in [0.15, 0.2) is 15.9 Å². The van der Waals surface area contributed by atoms with Gasteiger partial charge >= 0.3 is 5.97 Å². The number of carboxylic acids is 1. The van der Waals surface area contributed by atoms with E-state index in [9.17, 15) is 9.90 Å². The van der Waals surface area contributed by atoms with Crippen LogP contribution in [-0.4, -0.2) is 17.1 Å². The van der Waals surface area contributed by atoms with E-state index >= 15 is 0 Å². The molecule has 76 valence electrons. The summed E-state index contributed by atoms with van der Waals surface area (Å²) < 4.78 is 0.886. The first-order valence-corrected chi connectivity index (χ1v) is 5.96. The molecule has 0 amide bonds. The number of rotatable bonds is 2. The first kappa shape index (κ1) is 10.1. The van der Waals surface area contributed by atoms with Gasteiger partial charge in [-0.15, -0.1) is 11.3 Å². The molecule has 0 aromatic carbocycles. The summed E-state index contributed by atoms with van der Waals surface area (Å²) in [7, 11) is 0. The number of thiophene rings is 1. The second kappa shape index (κ2) is 3.32. The van der Waals surface area contributed by atoms with Gasteiger partial charge < -0.3 is 10.8 Å². The van der Waals surface area contributed by atoms with Crippen molar-refractivity contribution in [2.24, 2.45) is 5.73 Å². The van der Waals surface area contributed by atoms with Crippen LogP contribution in [0, 0.1) is 0 Å². The summed E-state index contributed by atoms with van der Waals surface area (Å²) in [4.78, 5) is 12.1. The molecule has 2 rings (SSSR count). The van der Waals surface area contributed by atoms with Gasteiger partial charge in [-0.05, 0) is 40.2 Å². The highest BCUT2D eigenvalue weighted by atomic mass is 79.9. The van der Waals surface area contributed by atoms with Gasteiger partial charge in [-0.25, -0.2) is 0 Å². The monoisotopic (exact) mass is 275 g/mol. The molecule has 3 N–H and O–H groups in total. The normalized spacial score (nSPS) is 31.1. The van der Waals surface area contributed by atoms with Gasteiger partial charge in [-0.1, -0.05) is 0 Å². The minimum Gasteiger partial charge on any atom is -0.481 e. The Labute approximate surface area is 94.1 Å². The number of carboxylic acid groups (broad SMARTS) is 1. The van der Waals surface area contributed by atoms with Crippen molar-refractivity contribution in [1.29, 1.82) is 0 Å². The lowest BCUT2D eigenvalue weighted by atomic mass is 9.65. The molecular weight excluding hydrogens is 266 g/mol. The molecule has 0 spiro atoms. The molecule has 0 bridgehead atoms. The number of aliphatic carboxylic acids is 1. The zero-order chi connectivity index (χ0) is 10.3. The number of hydrogen-bond acceptors (Lipinski definition) is 3. The highest BCUT2D eigenvalue weighted by Crippen LogP contribution is 2.48. The molecule has 1 aromatic heterocycles. The molecule has 1 fully saturated rings. The molecule has 0 radical (unpaired) electrons. The van der Waals surface area contributed by atoms with Gasteiger partial charge in [-0.2, -0.15) is 0 Å². The van der Waals surface area contributed by atoms with Crippen LogP contribution < -0.4 is 5.73 Å². The van der Waals surface area contributed by atoms with Crippen LogP contribution in [0.3, 0.4) is 0 Å². The van der Waals surface area contributed by atoms with E-state index in [2.05, 4.69) is 15.9 Å². The predicted molar refractivity (Wildman–Crippen MR) is 58.5 cm³/mol. The third-order valence-corrected chi connectivity index (χ3v) is 4.72. The Kier molecular flexibility index (Phi) is 2.41. The van der Waals surface area contributed by atoms with Crippen LogP contribution in [0.5, 0.6) is 0 Å². The smallest absolute Gasteiger partial charge is 0.315 e. The maximum Gasteiger partial charge on any atom is 0.315 e. The molecule has 3 nitrogen and oxygen atoms in total. The SMILES string of the molecule is NC1CC(C(=O)O)(c2sccc2Br)C1. The Bertz CT molecular complexity index is 371. The van der Waals surface area contributed by atoms with Crippen molar-refractivity contribution in [2.45, 2.75) is 24.3 Å². The number of hydrogen-bond donors (Lipinski definition) is 2. The van der Waals surface area contributed by atoms with Gasteiger partial charge in [0.05, 0.1) is 0 Å². The highest BCUT2D eigenvalue weighted by molar-refractivity contribution is 9.10. The fraction of sp³-hybridized carbons (Fsp3) is 0.444. The second-order valence-electron chi connectivity index (χ2n) is 3.65. The zero-order valence-electron chi connectivity index (χ0n) is 7.37. The molecule has 1 aromatic rings. The van der Waals surface area contributed by atoms with E-state index in [1.807, 2.05) is 11.4 Å². The fourth-order valence-electron chi connectivity index (χ4n) is 1.93. The molecule has 1 saturated carbocycles. The van der Waals surface area contributed by atoms with Crippen LogP contribution in [0.25, 0.3) is 0 Å². The fourth-order valence-corrected chi connectivity index (χ4v) is 3.90. The minimum absolute atomic E-state index is 0.0279. The van der Waals surface area contributed by atoms with Crippen LogP contribution in [0.1, 0.15) is 17.7 Å². The third-order valence-electron chi connectivity index (χ3n) is 2.68. The van der Waals surface area contributed by atoms with Crippen LogP contribution >= 0.6 is 27.3 Å². The van der Waals surface area contributed by atoms with Crippen molar-refractivity contribution in [3.05, 3.63) is 20.8 Å². The Morgan fingerprint density at radius 3 is 2.71 bits per heavy atom. The minimum atomic E-state index is -0.762. The molecule has 0 saturated heterocycles. The summed E-state index contributed by atoms with van der Waals surface area (Å²) in [5.74, 6) is -0.762. The Morgan fingerprint density at radius 2 is 2.36 bits per heavy atom. The maximum absolute atomic E-state index is 11.2. The summed E-state index contributed by atoms with van der Waals surface area (Å²) in [6, 6.07) is 1.91. The van der Waals surface area contributed by atoms with Gasteiger partial charge in [0, 0.05) is 15.4 Å². The largest absolute Gasteiger partial charge is 0.481 e. The summed E-state index contributed by atoms with van der Waals surface area (Å²) in [5, 5.41) is 11.1. The molecule has 14 heavy (non-hydrogen) atoms. The molecule has 0 atom stereocenters. The average molecular weight is 276 g/mol. The molecule has 0 aliphatic heterocycles. The Hall–Kier alpha value is -0.390. The van der Waals surface area contributed by atoms with Gasteiger partial charge in [0.25, 0.3) is 0 Å². The lowest BCUT2D eigenvalue weighted by Crippen LogP contribution is -2.53. The van der Waals surface area contributed by atoms with Crippen molar-refractivity contribution in [3.8, 4) is 0 Å². The van der Waals surface area contributed by atoms with Gasteiger partial charge in [0.15, 0.2) is 0 Å². The topological polar surface area (TPSA) is 63.3 Å². The van der Waals surface area contributed by atoms with Crippen molar-refractivity contribution in [3.63, 3.8) is 0 Å². The van der Waals surface area contributed by atoms with E-state index in [0.717, 1.165) is 9.35 Å². The van der Waals surface area contributed by atoms with Gasteiger partial charge in [0.2, 0.25) is 0 Å². The number of nitrogens with two attached hydrogens (primary N) is 1. The van der Waals surface area contributed by atoms with Crippen molar-refractivity contribution in [2.75, 3.05) is 0 Å². The average Bonchev–Trinajstić information content (AvgIpc) is 2.45. The van der Waals surface area contributed by atoms with Crippen molar-refractivity contribution >= 4 is 33.2 Å².